The van der Waals surface area contributed by atoms with Crippen molar-refractivity contribution in [2.24, 2.45) is 0 Å². The van der Waals surface area contributed by atoms with Gasteiger partial charge in [-0.3, -0.25) is 0 Å². The molecule has 4 nitrogen and oxygen atoms in total. The lowest BCUT2D eigenvalue weighted by molar-refractivity contribution is 0.0232. The largest absolute Gasteiger partial charge is 0.382 e. The molecule has 2 rings (SSSR count). The Kier molecular flexibility index (Phi) is 6.33. The number of hydrogen-bond acceptors (Lipinski definition) is 3. The molecule has 110 valence electrons. The molecule has 0 N–H and O–H groups in total. The summed E-state index contributed by atoms with van der Waals surface area (Å²) in [5, 5.41) is 1.95. The molecule has 0 bridgehead atoms. The highest BCUT2D eigenvalue weighted by atomic mass is 35.5. The normalized spacial score (nSPS) is 11.3. The molecule has 0 radical (unpaired) electrons. The number of methoxy groups -OCH3 is 1. The van der Waals surface area contributed by atoms with E-state index in [-0.39, 0.29) is 0 Å². The van der Waals surface area contributed by atoms with Crippen molar-refractivity contribution in [1.29, 1.82) is 0 Å². The SMILES string of the molecule is COCCOCCOCCn1ccc2ccc(Cl)cc21. The molecule has 1 aromatic carbocycles. The monoisotopic (exact) mass is 297 g/mol. The smallest absolute Gasteiger partial charge is 0.0701 e. The fraction of sp³-hybridized carbons (Fsp3) is 0.467. The van der Waals surface area contributed by atoms with Crippen LogP contribution in [-0.4, -0.2) is 44.7 Å². The molecule has 0 saturated heterocycles. The van der Waals surface area contributed by atoms with Crippen LogP contribution in [0.15, 0.2) is 30.5 Å². The molecule has 1 aromatic heterocycles. The van der Waals surface area contributed by atoms with Gasteiger partial charge in [-0.2, -0.15) is 0 Å². The number of fused-ring (bicyclic) bond motifs is 1. The van der Waals surface area contributed by atoms with Crippen LogP contribution < -0.4 is 0 Å². The third-order valence-corrected chi connectivity index (χ3v) is 3.25. The van der Waals surface area contributed by atoms with Gasteiger partial charge < -0.3 is 18.8 Å². The van der Waals surface area contributed by atoms with Crippen molar-refractivity contribution >= 4 is 22.5 Å². The molecule has 20 heavy (non-hydrogen) atoms. The molecule has 1 heterocycles. The van der Waals surface area contributed by atoms with Crippen LogP contribution in [0.4, 0.5) is 0 Å². The molecular weight excluding hydrogens is 278 g/mol. The topological polar surface area (TPSA) is 32.6 Å². The van der Waals surface area contributed by atoms with Gasteiger partial charge in [0.25, 0.3) is 0 Å². The molecule has 0 fully saturated rings. The van der Waals surface area contributed by atoms with E-state index in [1.54, 1.807) is 7.11 Å². The summed E-state index contributed by atoms with van der Waals surface area (Å²) in [5.74, 6) is 0. The van der Waals surface area contributed by atoms with Crippen LogP contribution in [0.1, 0.15) is 0 Å². The molecule has 0 aliphatic carbocycles. The molecule has 0 spiro atoms. The highest BCUT2D eigenvalue weighted by Crippen LogP contribution is 2.20. The van der Waals surface area contributed by atoms with E-state index in [1.165, 1.54) is 5.39 Å². The Morgan fingerprint density at radius 1 is 1.00 bits per heavy atom. The van der Waals surface area contributed by atoms with Gasteiger partial charge in [-0.1, -0.05) is 17.7 Å². The summed E-state index contributed by atoms with van der Waals surface area (Å²) in [6.45, 7) is 3.90. The second kappa shape index (κ2) is 8.27. The lowest BCUT2D eigenvalue weighted by Crippen LogP contribution is -2.11. The van der Waals surface area contributed by atoms with Gasteiger partial charge in [-0.05, 0) is 23.6 Å². The molecule has 0 amide bonds. The third kappa shape index (κ3) is 4.49. The fourth-order valence-electron chi connectivity index (χ4n) is 1.98. The van der Waals surface area contributed by atoms with Gasteiger partial charge in [0, 0.05) is 30.4 Å². The van der Waals surface area contributed by atoms with Gasteiger partial charge in [0.2, 0.25) is 0 Å². The minimum absolute atomic E-state index is 0.599. The molecule has 0 unspecified atom stereocenters. The molecule has 0 aliphatic heterocycles. The van der Waals surface area contributed by atoms with E-state index in [0.717, 1.165) is 17.1 Å². The van der Waals surface area contributed by atoms with E-state index in [9.17, 15) is 0 Å². The zero-order chi connectivity index (χ0) is 14.2. The van der Waals surface area contributed by atoms with Crippen LogP contribution in [0.25, 0.3) is 10.9 Å². The van der Waals surface area contributed by atoms with Crippen LogP contribution in [0.2, 0.25) is 5.02 Å². The van der Waals surface area contributed by atoms with E-state index in [1.807, 2.05) is 18.2 Å². The number of aromatic nitrogens is 1. The summed E-state index contributed by atoms with van der Waals surface area (Å²) in [6.07, 6.45) is 2.06. The molecule has 0 aliphatic rings. The van der Waals surface area contributed by atoms with Gasteiger partial charge in [-0.25, -0.2) is 0 Å². The minimum Gasteiger partial charge on any atom is -0.382 e. The molecular formula is C15H20ClNO3. The lowest BCUT2D eigenvalue weighted by Gasteiger charge is -2.07. The number of benzene rings is 1. The zero-order valence-corrected chi connectivity index (χ0v) is 12.4. The number of ether oxygens (including phenoxy) is 3. The van der Waals surface area contributed by atoms with Crippen molar-refractivity contribution in [3.63, 3.8) is 0 Å². The highest BCUT2D eigenvalue weighted by molar-refractivity contribution is 6.31. The maximum Gasteiger partial charge on any atom is 0.0701 e. The van der Waals surface area contributed by atoms with Gasteiger partial charge in [-0.15, -0.1) is 0 Å². The van der Waals surface area contributed by atoms with Crippen LogP contribution >= 0.6 is 11.6 Å². The second-order valence-corrected chi connectivity index (χ2v) is 4.87. The van der Waals surface area contributed by atoms with Crippen LogP contribution in [-0.2, 0) is 20.8 Å². The van der Waals surface area contributed by atoms with Crippen molar-refractivity contribution < 1.29 is 14.2 Å². The predicted octanol–water partition coefficient (Wildman–Crippen LogP) is 2.97. The lowest BCUT2D eigenvalue weighted by atomic mass is 10.2. The predicted molar refractivity (Wildman–Crippen MR) is 80.5 cm³/mol. The standard InChI is InChI=1S/C15H20ClNO3/c1-18-8-9-20-11-10-19-7-6-17-5-4-13-2-3-14(16)12-15(13)17/h2-5,12H,6-11H2,1H3. The Balaban J connectivity index is 1.69. The first-order valence-electron chi connectivity index (χ1n) is 6.70. The van der Waals surface area contributed by atoms with Crippen LogP contribution in [0.3, 0.4) is 0 Å². The number of halogens is 1. The van der Waals surface area contributed by atoms with Crippen molar-refractivity contribution in [2.75, 3.05) is 40.1 Å². The molecule has 2 aromatic rings. The fourth-order valence-corrected chi connectivity index (χ4v) is 2.15. The van der Waals surface area contributed by atoms with E-state index < -0.39 is 0 Å². The minimum atomic E-state index is 0.599. The number of hydrogen-bond donors (Lipinski definition) is 0. The summed E-state index contributed by atoms with van der Waals surface area (Å²) in [4.78, 5) is 0. The quantitative estimate of drug-likeness (QED) is 0.667. The Hall–Kier alpha value is -1.07. The van der Waals surface area contributed by atoms with Gasteiger partial charge in [0.1, 0.15) is 0 Å². The Morgan fingerprint density at radius 2 is 1.75 bits per heavy atom. The molecule has 0 atom stereocenters. The van der Waals surface area contributed by atoms with E-state index in [4.69, 9.17) is 25.8 Å². The summed E-state index contributed by atoms with van der Waals surface area (Å²) in [7, 11) is 1.66. The van der Waals surface area contributed by atoms with Crippen molar-refractivity contribution in [2.45, 2.75) is 6.54 Å². The molecule has 0 saturated carbocycles. The van der Waals surface area contributed by atoms with Crippen molar-refractivity contribution in [3.8, 4) is 0 Å². The Bertz CT molecular complexity index is 527. The van der Waals surface area contributed by atoms with E-state index in [2.05, 4.69) is 16.8 Å². The molecule has 5 heteroatoms. The highest BCUT2D eigenvalue weighted by Gasteiger charge is 2.01. The van der Waals surface area contributed by atoms with Crippen LogP contribution in [0, 0.1) is 0 Å². The summed E-state index contributed by atoms with van der Waals surface area (Å²) in [5.41, 5.74) is 1.14. The average molecular weight is 298 g/mol. The van der Waals surface area contributed by atoms with Crippen LogP contribution in [0.5, 0.6) is 0 Å². The Labute approximate surface area is 124 Å². The third-order valence-electron chi connectivity index (χ3n) is 3.02. The first-order chi connectivity index (χ1) is 9.81. The van der Waals surface area contributed by atoms with E-state index >= 15 is 0 Å². The second-order valence-electron chi connectivity index (χ2n) is 4.43. The average Bonchev–Trinajstić information content (AvgIpc) is 2.84. The number of nitrogens with zero attached hydrogens (tertiary/aromatic N) is 1. The maximum absolute atomic E-state index is 6.02. The zero-order valence-electron chi connectivity index (χ0n) is 11.7. The summed E-state index contributed by atoms with van der Waals surface area (Å²) < 4.78 is 17.9. The van der Waals surface area contributed by atoms with Gasteiger partial charge >= 0.3 is 0 Å². The summed E-state index contributed by atoms with van der Waals surface area (Å²) >= 11 is 6.02. The number of rotatable bonds is 9. The Morgan fingerprint density at radius 3 is 2.55 bits per heavy atom. The maximum atomic E-state index is 6.02. The first-order valence-corrected chi connectivity index (χ1v) is 7.08. The van der Waals surface area contributed by atoms with Crippen molar-refractivity contribution in [1.82, 2.24) is 4.57 Å². The first kappa shape index (κ1) is 15.3. The summed E-state index contributed by atoms with van der Waals surface area (Å²) in [6, 6.07) is 7.99. The van der Waals surface area contributed by atoms with Crippen molar-refractivity contribution in [3.05, 3.63) is 35.5 Å². The van der Waals surface area contributed by atoms with E-state index in [0.29, 0.717) is 33.0 Å². The van der Waals surface area contributed by atoms with Gasteiger partial charge in [0.05, 0.1) is 33.0 Å². The van der Waals surface area contributed by atoms with Gasteiger partial charge in [0.15, 0.2) is 0 Å².